The minimum Gasteiger partial charge on any atom is -0.400 e. The fraction of sp³-hybridized carbons (Fsp3) is 0.455. The summed E-state index contributed by atoms with van der Waals surface area (Å²) >= 11 is 0. The van der Waals surface area contributed by atoms with Crippen LogP contribution in [0, 0.1) is 0 Å². The van der Waals surface area contributed by atoms with Crippen LogP contribution in [-0.2, 0) is 0 Å². The summed E-state index contributed by atoms with van der Waals surface area (Å²) in [5, 5.41) is 15.0. The molecule has 5 heterocycles. The van der Waals surface area contributed by atoms with Crippen molar-refractivity contribution in [3.63, 3.8) is 0 Å². The van der Waals surface area contributed by atoms with Gasteiger partial charge in [0, 0.05) is 38.6 Å². The summed E-state index contributed by atoms with van der Waals surface area (Å²) in [6.45, 7) is 2.01. The van der Waals surface area contributed by atoms with Gasteiger partial charge in [0.15, 0.2) is 11.6 Å². The van der Waals surface area contributed by atoms with E-state index in [1.807, 2.05) is 39.9 Å². The molecule has 1 aliphatic heterocycles. The summed E-state index contributed by atoms with van der Waals surface area (Å²) in [7, 11) is 1.00. The molecule has 32 heavy (non-hydrogen) atoms. The summed E-state index contributed by atoms with van der Waals surface area (Å²) in [5.41, 5.74) is 0.929. The van der Waals surface area contributed by atoms with Gasteiger partial charge in [-0.3, -0.25) is 4.57 Å². The monoisotopic (exact) mass is 435 g/mol. The van der Waals surface area contributed by atoms with Crippen LogP contribution in [0.5, 0.6) is 0 Å². The molecule has 0 unspecified atom stereocenters. The van der Waals surface area contributed by atoms with Gasteiger partial charge in [0.1, 0.15) is 17.7 Å². The zero-order valence-electron chi connectivity index (χ0n) is 18.3. The quantitative estimate of drug-likeness (QED) is 0.496. The molecule has 0 bridgehead atoms. The Balaban J connectivity index is 0.00000105. The molecule has 6 rings (SSSR count). The van der Waals surface area contributed by atoms with Gasteiger partial charge in [-0.05, 0) is 37.8 Å². The highest BCUT2D eigenvalue weighted by Gasteiger charge is 2.19. The first-order valence-electron chi connectivity index (χ1n) is 11.2. The molecule has 2 fully saturated rings. The molecule has 0 amide bonds. The molecule has 4 aromatic heterocycles. The van der Waals surface area contributed by atoms with Gasteiger partial charge < -0.3 is 19.9 Å². The maximum Gasteiger partial charge on any atom is 0.245 e. The lowest BCUT2D eigenvalue weighted by molar-refractivity contribution is 0.399. The average Bonchev–Trinajstić information content (AvgIpc) is 3.63. The van der Waals surface area contributed by atoms with E-state index >= 15 is 0 Å². The third-order valence-electron chi connectivity index (χ3n) is 6.20. The Bertz CT molecular complexity index is 1170. The van der Waals surface area contributed by atoms with E-state index in [0.717, 1.165) is 49.1 Å². The van der Waals surface area contributed by atoms with Crippen LogP contribution < -0.4 is 10.2 Å². The van der Waals surface area contributed by atoms with Crippen molar-refractivity contribution in [1.29, 1.82) is 0 Å². The Hall–Kier alpha value is -3.40. The predicted octanol–water partition coefficient (Wildman–Crippen LogP) is 3.18. The minimum absolute atomic E-state index is 0.583. The molecule has 0 spiro atoms. The molecule has 1 saturated heterocycles. The molecule has 168 valence electrons. The van der Waals surface area contributed by atoms with Crippen LogP contribution in [0.25, 0.3) is 11.3 Å². The highest BCUT2D eigenvalue weighted by Crippen LogP contribution is 2.30. The highest BCUT2D eigenvalue weighted by atomic mass is 16.2. The van der Waals surface area contributed by atoms with Crippen LogP contribution in [0.15, 0.2) is 43.4 Å². The van der Waals surface area contributed by atoms with Gasteiger partial charge >= 0.3 is 0 Å². The molecule has 1 aliphatic carbocycles. The van der Waals surface area contributed by atoms with Gasteiger partial charge in [-0.15, -0.1) is 5.10 Å². The van der Waals surface area contributed by atoms with Gasteiger partial charge in [0.05, 0.1) is 12.5 Å². The smallest absolute Gasteiger partial charge is 0.245 e. The Kier molecular flexibility index (Phi) is 5.76. The lowest BCUT2D eigenvalue weighted by Crippen LogP contribution is -2.22. The molecular formula is C22H29N9O. The van der Waals surface area contributed by atoms with Crippen molar-refractivity contribution >= 4 is 23.1 Å². The third-order valence-corrected chi connectivity index (χ3v) is 6.20. The second-order valence-electron chi connectivity index (χ2n) is 8.20. The average molecular weight is 436 g/mol. The first-order chi connectivity index (χ1) is 15.8. The van der Waals surface area contributed by atoms with Crippen LogP contribution in [0.4, 0.5) is 17.6 Å². The van der Waals surface area contributed by atoms with Crippen molar-refractivity contribution in [2.75, 3.05) is 30.4 Å². The van der Waals surface area contributed by atoms with Gasteiger partial charge in [-0.2, -0.15) is 4.98 Å². The van der Waals surface area contributed by atoms with E-state index in [1.54, 1.807) is 6.33 Å². The first-order valence-corrected chi connectivity index (χ1v) is 11.2. The molecule has 0 atom stereocenters. The van der Waals surface area contributed by atoms with Crippen molar-refractivity contribution in [3.8, 4) is 5.82 Å². The van der Waals surface area contributed by atoms with Crippen LogP contribution in [0.2, 0.25) is 0 Å². The largest absolute Gasteiger partial charge is 0.400 e. The maximum atomic E-state index is 7.00. The SMILES string of the molecule is CO.c1cc2c(Nc3cn(-c4cn(C5CCCC5)cn4)cn3)nc(N3CCCC3)nn2c1. The Morgan fingerprint density at radius 3 is 2.62 bits per heavy atom. The van der Waals surface area contributed by atoms with E-state index in [9.17, 15) is 0 Å². The zero-order valence-corrected chi connectivity index (χ0v) is 18.3. The molecule has 10 nitrogen and oxygen atoms in total. The predicted molar refractivity (Wildman–Crippen MR) is 123 cm³/mol. The summed E-state index contributed by atoms with van der Waals surface area (Å²) in [4.78, 5) is 16.2. The van der Waals surface area contributed by atoms with Crippen molar-refractivity contribution in [1.82, 2.24) is 33.7 Å². The van der Waals surface area contributed by atoms with Crippen LogP contribution in [-0.4, -0.2) is 59.0 Å². The fourth-order valence-electron chi connectivity index (χ4n) is 4.56. The molecule has 0 aromatic carbocycles. The van der Waals surface area contributed by atoms with E-state index in [0.29, 0.717) is 6.04 Å². The first kappa shape index (κ1) is 20.5. The number of hydrogen-bond acceptors (Lipinski definition) is 7. The van der Waals surface area contributed by atoms with Crippen molar-refractivity contribution in [3.05, 3.63) is 43.4 Å². The zero-order chi connectivity index (χ0) is 21.9. The fourth-order valence-corrected chi connectivity index (χ4v) is 4.56. The lowest BCUT2D eigenvalue weighted by Gasteiger charge is -2.16. The van der Waals surface area contributed by atoms with Gasteiger partial charge in [0.2, 0.25) is 5.95 Å². The number of rotatable bonds is 5. The highest BCUT2D eigenvalue weighted by molar-refractivity contribution is 5.73. The third kappa shape index (κ3) is 3.93. The Morgan fingerprint density at radius 1 is 1.00 bits per heavy atom. The summed E-state index contributed by atoms with van der Waals surface area (Å²) in [6, 6.07) is 4.58. The number of hydrogen-bond donors (Lipinski definition) is 2. The maximum absolute atomic E-state index is 7.00. The second kappa shape index (κ2) is 8.99. The van der Waals surface area contributed by atoms with E-state index < -0.39 is 0 Å². The second-order valence-corrected chi connectivity index (χ2v) is 8.20. The van der Waals surface area contributed by atoms with Crippen LogP contribution >= 0.6 is 0 Å². The molecule has 4 aromatic rings. The number of aliphatic hydroxyl groups is 1. The Labute approximate surface area is 186 Å². The van der Waals surface area contributed by atoms with Gasteiger partial charge in [-0.1, -0.05) is 12.8 Å². The van der Waals surface area contributed by atoms with Crippen LogP contribution in [0.1, 0.15) is 44.6 Å². The van der Waals surface area contributed by atoms with Gasteiger partial charge in [0.25, 0.3) is 0 Å². The van der Waals surface area contributed by atoms with Crippen molar-refractivity contribution < 1.29 is 5.11 Å². The summed E-state index contributed by atoms with van der Waals surface area (Å²) in [6.07, 6.45) is 17.2. The number of anilines is 3. The van der Waals surface area contributed by atoms with E-state index in [4.69, 9.17) is 10.1 Å². The molecule has 0 radical (unpaired) electrons. The lowest BCUT2D eigenvalue weighted by atomic mass is 10.2. The van der Waals surface area contributed by atoms with E-state index in [1.165, 1.54) is 38.5 Å². The van der Waals surface area contributed by atoms with Crippen LogP contribution in [0.3, 0.4) is 0 Å². The van der Waals surface area contributed by atoms with E-state index in [2.05, 4.69) is 36.0 Å². The number of nitrogens with zero attached hydrogens (tertiary/aromatic N) is 8. The van der Waals surface area contributed by atoms with Crippen molar-refractivity contribution in [2.45, 2.75) is 44.6 Å². The molecule has 10 heteroatoms. The number of nitrogens with one attached hydrogen (secondary N) is 1. The number of fused-ring (bicyclic) bond motifs is 1. The number of imidazole rings is 2. The molecule has 1 saturated carbocycles. The topological polar surface area (TPSA) is 101 Å². The molecule has 2 N–H and O–H groups in total. The normalized spacial score (nSPS) is 16.5. The summed E-state index contributed by atoms with van der Waals surface area (Å²) < 4.78 is 6.07. The van der Waals surface area contributed by atoms with Crippen molar-refractivity contribution in [2.24, 2.45) is 0 Å². The standard InChI is InChI=1S/C21H25N9.CH4O/c1-2-7-16(6-1)28-13-19(23-15-28)29-12-18(22-14-29)24-20-17-8-5-11-30(17)26-21(25-20)27-9-3-4-10-27;1-2/h5,8,11-16H,1-4,6-7,9-10H2,(H,24,25,26);2H,1H3. The van der Waals surface area contributed by atoms with Gasteiger partial charge in [-0.25, -0.2) is 14.5 Å². The minimum atomic E-state index is 0.583. The summed E-state index contributed by atoms with van der Waals surface area (Å²) in [5.74, 6) is 3.14. The number of aliphatic hydroxyl groups excluding tert-OH is 1. The Morgan fingerprint density at radius 2 is 1.81 bits per heavy atom. The molecule has 2 aliphatic rings. The number of aromatic nitrogens is 7. The van der Waals surface area contributed by atoms with E-state index in [-0.39, 0.29) is 0 Å². The molecular weight excluding hydrogens is 406 g/mol.